The van der Waals surface area contributed by atoms with Crippen LogP contribution < -0.4 is 4.74 Å². The smallest absolute Gasteiger partial charge is 0.227 e. The number of carbonyl (C=O) groups is 2. The van der Waals surface area contributed by atoms with Crippen molar-refractivity contribution in [1.82, 2.24) is 9.80 Å². The molecule has 1 aromatic rings. The van der Waals surface area contributed by atoms with E-state index in [1.807, 2.05) is 41.1 Å². The highest BCUT2D eigenvalue weighted by atomic mass is 16.5. The molecule has 2 heterocycles. The molecule has 0 aliphatic carbocycles. The van der Waals surface area contributed by atoms with E-state index in [0.717, 1.165) is 30.7 Å². The number of likely N-dealkylation sites (N-methyl/N-ethyl adjacent to an activating group) is 1. The number of hydrogen-bond donors (Lipinski definition) is 0. The minimum absolute atomic E-state index is 0.142. The Morgan fingerprint density at radius 1 is 1.32 bits per heavy atom. The summed E-state index contributed by atoms with van der Waals surface area (Å²) in [5, 5.41) is 0. The van der Waals surface area contributed by atoms with Crippen LogP contribution in [-0.2, 0) is 16.0 Å². The Kier molecular flexibility index (Phi) is 4.05. The number of nitrogens with zero attached hydrogens (tertiary/aromatic N) is 2. The number of carbonyl (C=O) groups excluding carboxylic acids is 2. The number of amides is 2. The molecule has 2 aliphatic rings. The van der Waals surface area contributed by atoms with Gasteiger partial charge in [-0.2, -0.15) is 0 Å². The number of methoxy groups -OCH3 is 1. The molecule has 0 aromatic heterocycles. The Morgan fingerprint density at radius 2 is 2.14 bits per heavy atom. The van der Waals surface area contributed by atoms with E-state index < -0.39 is 0 Å². The lowest BCUT2D eigenvalue weighted by Crippen LogP contribution is -2.51. The Balaban J connectivity index is 1.69. The maximum absolute atomic E-state index is 12.6. The van der Waals surface area contributed by atoms with Gasteiger partial charge in [-0.15, -0.1) is 0 Å². The first-order valence-electron chi connectivity index (χ1n) is 7.78. The standard InChI is InChI=1S/C17H22N2O3/c1-18-14-8-9-19(15(14)6-7-16(18)20)17(21)11-12-4-3-5-13(10-12)22-2/h3-5,10,14-15H,6-9,11H2,1-2H3/t14-,15-/m0/s1. The molecule has 0 unspecified atom stereocenters. The summed E-state index contributed by atoms with van der Waals surface area (Å²) < 4.78 is 5.20. The Bertz CT molecular complexity index is 587. The van der Waals surface area contributed by atoms with Crippen LogP contribution in [0.2, 0.25) is 0 Å². The van der Waals surface area contributed by atoms with Gasteiger partial charge in [0.25, 0.3) is 0 Å². The van der Waals surface area contributed by atoms with E-state index in [1.54, 1.807) is 7.11 Å². The number of ether oxygens (including phenoxy) is 1. The summed E-state index contributed by atoms with van der Waals surface area (Å²) in [6.45, 7) is 0.746. The molecular formula is C17H22N2O3. The maximum atomic E-state index is 12.6. The van der Waals surface area contributed by atoms with Crippen molar-refractivity contribution in [2.75, 3.05) is 20.7 Å². The highest BCUT2D eigenvalue weighted by Gasteiger charge is 2.43. The fourth-order valence-electron chi connectivity index (χ4n) is 3.64. The van der Waals surface area contributed by atoms with Crippen molar-refractivity contribution in [3.05, 3.63) is 29.8 Å². The average Bonchev–Trinajstić information content (AvgIpc) is 2.96. The summed E-state index contributed by atoms with van der Waals surface area (Å²) in [6.07, 6.45) is 2.60. The lowest BCUT2D eigenvalue weighted by molar-refractivity contribution is -0.140. The SMILES string of the molecule is COc1cccc(CC(=O)N2CC[C@H]3[C@@H]2CCC(=O)N3C)c1. The maximum Gasteiger partial charge on any atom is 0.227 e. The molecule has 1 aromatic carbocycles. The fraction of sp³-hybridized carbons (Fsp3) is 0.529. The first-order valence-corrected chi connectivity index (χ1v) is 7.78. The summed E-state index contributed by atoms with van der Waals surface area (Å²) in [6, 6.07) is 8.01. The molecule has 3 rings (SSSR count). The number of fused-ring (bicyclic) bond motifs is 1. The largest absolute Gasteiger partial charge is 0.497 e. The van der Waals surface area contributed by atoms with E-state index in [9.17, 15) is 9.59 Å². The van der Waals surface area contributed by atoms with E-state index >= 15 is 0 Å². The molecule has 0 N–H and O–H groups in total. The molecule has 22 heavy (non-hydrogen) atoms. The molecule has 0 saturated carbocycles. The lowest BCUT2D eigenvalue weighted by Gasteiger charge is -2.37. The van der Waals surface area contributed by atoms with Crippen LogP contribution in [0.15, 0.2) is 24.3 Å². The predicted molar refractivity (Wildman–Crippen MR) is 82.6 cm³/mol. The van der Waals surface area contributed by atoms with Crippen molar-refractivity contribution in [3.63, 3.8) is 0 Å². The highest BCUT2D eigenvalue weighted by Crippen LogP contribution is 2.31. The van der Waals surface area contributed by atoms with Gasteiger partial charge in [0, 0.05) is 20.0 Å². The second-order valence-corrected chi connectivity index (χ2v) is 6.08. The van der Waals surface area contributed by atoms with E-state index in [0.29, 0.717) is 12.8 Å². The van der Waals surface area contributed by atoms with Crippen molar-refractivity contribution in [1.29, 1.82) is 0 Å². The van der Waals surface area contributed by atoms with Gasteiger partial charge in [-0.3, -0.25) is 9.59 Å². The summed E-state index contributed by atoms with van der Waals surface area (Å²) in [5.74, 6) is 1.11. The summed E-state index contributed by atoms with van der Waals surface area (Å²) in [7, 11) is 3.48. The quantitative estimate of drug-likeness (QED) is 0.849. The molecule has 2 aliphatic heterocycles. The van der Waals surface area contributed by atoms with E-state index in [2.05, 4.69) is 0 Å². The van der Waals surface area contributed by atoms with Crippen molar-refractivity contribution >= 4 is 11.8 Å². The van der Waals surface area contributed by atoms with Crippen molar-refractivity contribution in [2.24, 2.45) is 0 Å². The lowest BCUT2D eigenvalue weighted by atomic mass is 9.97. The minimum atomic E-state index is 0.142. The molecule has 2 fully saturated rings. The van der Waals surface area contributed by atoms with Crippen LogP contribution in [0.3, 0.4) is 0 Å². The van der Waals surface area contributed by atoms with Gasteiger partial charge in [0.2, 0.25) is 11.8 Å². The van der Waals surface area contributed by atoms with Crippen molar-refractivity contribution in [3.8, 4) is 5.75 Å². The van der Waals surface area contributed by atoms with Crippen molar-refractivity contribution < 1.29 is 14.3 Å². The second kappa shape index (κ2) is 5.99. The summed E-state index contributed by atoms with van der Waals surface area (Å²) in [4.78, 5) is 28.2. The topological polar surface area (TPSA) is 49.9 Å². The van der Waals surface area contributed by atoms with Gasteiger partial charge < -0.3 is 14.5 Å². The summed E-state index contributed by atoms with van der Waals surface area (Å²) >= 11 is 0. The second-order valence-electron chi connectivity index (χ2n) is 6.08. The predicted octanol–water partition coefficient (Wildman–Crippen LogP) is 1.46. The van der Waals surface area contributed by atoms with Gasteiger partial charge in [0.05, 0.1) is 25.6 Å². The Morgan fingerprint density at radius 3 is 2.91 bits per heavy atom. The zero-order chi connectivity index (χ0) is 15.7. The van der Waals surface area contributed by atoms with Crippen LogP contribution >= 0.6 is 0 Å². The van der Waals surface area contributed by atoms with Gasteiger partial charge in [-0.1, -0.05) is 12.1 Å². The van der Waals surface area contributed by atoms with Gasteiger partial charge >= 0.3 is 0 Å². The van der Waals surface area contributed by atoms with E-state index in [4.69, 9.17) is 4.74 Å². The van der Waals surface area contributed by atoms with Crippen LogP contribution in [0.5, 0.6) is 5.75 Å². The molecule has 5 nitrogen and oxygen atoms in total. The molecule has 118 valence electrons. The molecule has 2 saturated heterocycles. The number of benzene rings is 1. The molecule has 0 bridgehead atoms. The third-order valence-corrected chi connectivity index (χ3v) is 4.86. The third-order valence-electron chi connectivity index (χ3n) is 4.86. The number of piperidine rings is 1. The molecule has 0 spiro atoms. The van der Waals surface area contributed by atoms with Crippen LogP contribution in [0, 0.1) is 0 Å². The van der Waals surface area contributed by atoms with Gasteiger partial charge in [0.15, 0.2) is 0 Å². The van der Waals surface area contributed by atoms with Crippen LogP contribution in [-0.4, -0.2) is 54.4 Å². The van der Waals surface area contributed by atoms with Crippen molar-refractivity contribution in [2.45, 2.75) is 37.8 Å². The molecule has 2 amide bonds. The van der Waals surface area contributed by atoms with E-state index in [1.165, 1.54) is 0 Å². The van der Waals surface area contributed by atoms with Gasteiger partial charge in [-0.05, 0) is 30.5 Å². The first-order chi connectivity index (χ1) is 10.6. The monoisotopic (exact) mass is 302 g/mol. The summed E-state index contributed by atoms with van der Waals surface area (Å²) in [5.41, 5.74) is 0.966. The minimum Gasteiger partial charge on any atom is -0.497 e. The first kappa shape index (κ1) is 14.9. The highest BCUT2D eigenvalue weighted by molar-refractivity contribution is 5.81. The van der Waals surface area contributed by atoms with Crippen LogP contribution in [0.25, 0.3) is 0 Å². The van der Waals surface area contributed by atoms with Crippen LogP contribution in [0.1, 0.15) is 24.8 Å². The molecule has 5 heteroatoms. The normalized spacial score (nSPS) is 24.4. The third kappa shape index (κ3) is 2.67. The van der Waals surface area contributed by atoms with Crippen LogP contribution in [0.4, 0.5) is 0 Å². The fourth-order valence-corrected chi connectivity index (χ4v) is 3.64. The zero-order valence-corrected chi connectivity index (χ0v) is 13.1. The van der Waals surface area contributed by atoms with E-state index in [-0.39, 0.29) is 23.9 Å². The Labute approximate surface area is 130 Å². The number of hydrogen-bond acceptors (Lipinski definition) is 3. The van der Waals surface area contributed by atoms with Gasteiger partial charge in [0.1, 0.15) is 5.75 Å². The zero-order valence-electron chi connectivity index (χ0n) is 13.1. The van der Waals surface area contributed by atoms with Gasteiger partial charge in [-0.25, -0.2) is 0 Å². The average molecular weight is 302 g/mol. The molecule has 0 radical (unpaired) electrons. The molecule has 2 atom stereocenters. The number of rotatable bonds is 3. The molecular weight excluding hydrogens is 280 g/mol. The number of likely N-dealkylation sites (tertiary alicyclic amines) is 2. The Hall–Kier alpha value is -2.04.